The van der Waals surface area contributed by atoms with Crippen LogP contribution in [0.5, 0.6) is 0 Å². The molecule has 4 rings (SSSR count). The van der Waals surface area contributed by atoms with E-state index in [0.29, 0.717) is 12.8 Å². The van der Waals surface area contributed by atoms with Crippen molar-refractivity contribution in [3.63, 3.8) is 0 Å². The lowest BCUT2D eigenvalue weighted by atomic mass is 9.82. The largest absolute Gasteiger partial charge is 0.407 e. The van der Waals surface area contributed by atoms with E-state index in [0.717, 1.165) is 37.8 Å². The third-order valence-corrected chi connectivity index (χ3v) is 8.87. The van der Waals surface area contributed by atoms with Gasteiger partial charge in [0.1, 0.15) is 6.10 Å². The molecular weight excluding hydrogens is 597 g/mol. The zero-order valence-electron chi connectivity index (χ0n) is 25.3. The molecule has 1 aliphatic carbocycles. The van der Waals surface area contributed by atoms with Crippen LogP contribution in [0, 0.1) is 23.4 Å². The van der Waals surface area contributed by atoms with Crippen molar-refractivity contribution >= 4 is 0 Å². The van der Waals surface area contributed by atoms with Crippen molar-refractivity contribution in [3.05, 3.63) is 35.1 Å². The molecule has 0 bridgehead atoms. The molecule has 2 heterocycles. The summed E-state index contributed by atoms with van der Waals surface area (Å²) in [6, 6.07) is 1.86. The van der Waals surface area contributed by atoms with Crippen molar-refractivity contribution in [2.45, 2.75) is 140 Å². The number of unbranched alkanes of at least 4 members (excludes halogenated alkanes) is 6. The molecule has 3 aliphatic rings. The first kappa shape index (κ1) is 35.4. The summed E-state index contributed by atoms with van der Waals surface area (Å²) in [6.07, 6.45) is -3.19. The Hall–Kier alpha value is -1.47. The van der Waals surface area contributed by atoms with Crippen molar-refractivity contribution in [1.29, 1.82) is 0 Å². The highest BCUT2D eigenvalue weighted by Gasteiger charge is 2.51. The van der Waals surface area contributed by atoms with Crippen molar-refractivity contribution in [3.8, 4) is 0 Å². The van der Waals surface area contributed by atoms with Gasteiger partial charge in [-0.15, -0.1) is 0 Å². The van der Waals surface area contributed by atoms with Gasteiger partial charge >= 0.3 is 12.2 Å². The number of rotatable bonds is 15. The topological polar surface area (TPSA) is 46.2 Å². The standard InChI is InChI=1S/C32H45F7O5/c1-2-3-4-5-6-7-8-9-21-18-41-30(42-19-21)32(38,39)44-25-14-15-28(40-20-25)31(36,37)43-24-12-10-22(11-13-24)23-16-26(33)29(35)27(34)17-23/h16-17,21-22,24-25,28,30H,2-15,18-20H2,1H3. The van der Waals surface area contributed by atoms with E-state index in [2.05, 4.69) is 6.92 Å². The lowest BCUT2D eigenvalue weighted by Crippen LogP contribution is -2.50. The number of hydrogen-bond donors (Lipinski definition) is 0. The van der Waals surface area contributed by atoms with Crippen molar-refractivity contribution in [1.82, 2.24) is 0 Å². The average molecular weight is 643 g/mol. The normalized spacial score (nSPS) is 28.7. The zero-order valence-corrected chi connectivity index (χ0v) is 25.3. The Kier molecular flexibility index (Phi) is 13.2. The van der Waals surface area contributed by atoms with E-state index in [4.69, 9.17) is 23.7 Å². The molecule has 2 aliphatic heterocycles. The molecule has 1 saturated carbocycles. The van der Waals surface area contributed by atoms with Crippen LogP contribution >= 0.6 is 0 Å². The summed E-state index contributed by atoms with van der Waals surface area (Å²) in [7, 11) is 0. The number of benzene rings is 1. The van der Waals surface area contributed by atoms with Crippen molar-refractivity contribution in [2.75, 3.05) is 19.8 Å². The molecule has 0 aromatic heterocycles. The lowest BCUT2D eigenvalue weighted by molar-refractivity contribution is -0.397. The maximum absolute atomic E-state index is 14.9. The first-order chi connectivity index (χ1) is 21.0. The molecule has 252 valence electrons. The molecule has 0 amide bonds. The number of alkyl halides is 4. The molecular formula is C32H45F7O5. The second-order valence-electron chi connectivity index (χ2n) is 12.4. The van der Waals surface area contributed by atoms with Crippen LogP contribution in [-0.2, 0) is 23.7 Å². The van der Waals surface area contributed by atoms with Crippen LogP contribution in [-0.4, -0.2) is 56.6 Å². The van der Waals surface area contributed by atoms with Crippen LogP contribution in [0.3, 0.4) is 0 Å². The van der Waals surface area contributed by atoms with E-state index < -0.39 is 60.9 Å². The smallest absolute Gasteiger partial charge is 0.366 e. The Labute approximate surface area is 255 Å². The van der Waals surface area contributed by atoms with Gasteiger partial charge in [0, 0.05) is 5.92 Å². The molecule has 2 atom stereocenters. The van der Waals surface area contributed by atoms with Gasteiger partial charge in [0.25, 0.3) is 6.29 Å². The minimum Gasteiger partial charge on any atom is -0.366 e. The van der Waals surface area contributed by atoms with Gasteiger partial charge in [-0.3, -0.25) is 0 Å². The summed E-state index contributed by atoms with van der Waals surface area (Å²) in [5, 5.41) is 0. The molecule has 12 heteroatoms. The van der Waals surface area contributed by atoms with E-state index in [1.54, 1.807) is 0 Å². The fraction of sp³-hybridized carbons (Fsp3) is 0.812. The molecule has 1 aromatic carbocycles. The van der Waals surface area contributed by atoms with Gasteiger partial charge in [0.2, 0.25) is 0 Å². The number of ether oxygens (including phenoxy) is 5. The van der Waals surface area contributed by atoms with E-state index in [-0.39, 0.29) is 56.3 Å². The summed E-state index contributed by atoms with van der Waals surface area (Å²) in [5.41, 5.74) is 0.275. The van der Waals surface area contributed by atoms with E-state index in [1.807, 2.05) is 0 Å². The van der Waals surface area contributed by atoms with Gasteiger partial charge < -0.3 is 23.7 Å². The summed E-state index contributed by atoms with van der Waals surface area (Å²) in [6.45, 7) is 1.99. The summed E-state index contributed by atoms with van der Waals surface area (Å²) in [5.74, 6) is -4.40. The van der Waals surface area contributed by atoms with Gasteiger partial charge in [0.05, 0.1) is 32.0 Å². The molecule has 0 spiro atoms. The Morgan fingerprint density at radius 2 is 1.25 bits per heavy atom. The molecule has 44 heavy (non-hydrogen) atoms. The summed E-state index contributed by atoms with van der Waals surface area (Å²) in [4.78, 5) is 0. The Morgan fingerprint density at radius 3 is 1.84 bits per heavy atom. The Bertz CT molecular complexity index is 982. The van der Waals surface area contributed by atoms with Crippen molar-refractivity contribution in [2.24, 2.45) is 5.92 Å². The van der Waals surface area contributed by atoms with Crippen LogP contribution in [0.15, 0.2) is 12.1 Å². The first-order valence-corrected chi connectivity index (χ1v) is 16.1. The maximum atomic E-state index is 14.9. The van der Waals surface area contributed by atoms with Crippen LogP contribution < -0.4 is 0 Å². The fourth-order valence-corrected chi connectivity index (χ4v) is 6.28. The highest BCUT2D eigenvalue weighted by atomic mass is 19.3. The molecule has 1 aromatic rings. The van der Waals surface area contributed by atoms with Gasteiger partial charge in [-0.25, -0.2) is 13.2 Å². The highest BCUT2D eigenvalue weighted by molar-refractivity contribution is 5.23. The van der Waals surface area contributed by atoms with Gasteiger partial charge in [-0.05, 0) is 68.6 Å². The molecule has 3 fully saturated rings. The van der Waals surface area contributed by atoms with Crippen LogP contribution in [0.4, 0.5) is 30.7 Å². The van der Waals surface area contributed by atoms with E-state index >= 15 is 0 Å². The lowest BCUT2D eigenvalue weighted by Gasteiger charge is -2.39. The predicted octanol–water partition coefficient (Wildman–Crippen LogP) is 9.03. The molecule has 2 saturated heterocycles. The second kappa shape index (κ2) is 16.4. The minimum absolute atomic E-state index is 0.0441. The monoisotopic (exact) mass is 642 g/mol. The highest BCUT2D eigenvalue weighted by Crippen LogP contribution is 2.40. The average Bonchev–Trinajstić information content (AvgIpc) is 3.00. The van der Waals surface area contributed by atoms with Crippen LogP contribution in [0.25, 0.3) is 0 Å². The van der Waals surface area contributed by atoms with Gasteiger partial charge in [-0.2, -0.15) is 17.6 Å². The van der Waals surface area contributed by atoms with Crippen molar-refractivity contribution < 1.29 is 54.4 Å². The number of halogens is 7. The Morgan fingerprint density at radius 1 is 0.682 bits per heavy atom. The summed E-state index contributed by atoms with van der Waals surface area (Å²) < 4.78 is 126. The third-order valence-electron chi connectivity index (χ3n) is 8.87. The van der Waals surface area contributed by atoms with Gasteiger partial charge in [-0.1, -0.05) is 51.9 Å². The second-order valence-corrected chi connectivity index (χ2v) is 12.4. The maximum Gasteiger partial charge on any atom is 0.407 e. The van der Waals surface area contributed by atoms with Crippen LogP contribution in [0.2, 0.25) is 0 Å². The van der Waals surface area contributed by atoms with Gasteiger partial charge in [0.15, 0.2) is 17.5 Å². The molecule has 2 unspecified atom stereocenters. The first-order valence-electron chi connectivity index (χ1n) is 16.1. The quantitative estimate of drug-likeness (QED) is 0.109. The molecule has 5 nitrogen and oxygen atoms in total. The van der Waals surface area contributed by atoms with E-state index in [1.165, 1.54) is 25.7 Å². The summed E-state index contributed by atoms with van der Waals surface area (Å²) >= 11 is 0. The number of hydrogen-bond acceptors (Lipinski definition) is 5. The zero-order chi connectivity index (χ0) is 31.7. The molecule has 0 radical (unpaired) electrons. The van der Waals surface area contributed by atoms with E-state index in [9.17, 15) is 30.7 Å². The molecule has 0 N–H and O–H groups in total. The minimum atomic E-state index is -3.76. The van der Waals surface area contributed by atoms with Crippen LogP contribution in [0.1, 0.15) is 108 Å². The predicted molar refractivity (Wildman–Crippen MR) is 148 cm³/mol. The Balaban J connectivity index is 1.13. The third kappa shape index (κ3) is 10.0. The fourth-order valence-electron chi connectivity index (χ4n) is 6.28. The SMILES string of the molecule is CCCCCCCCCC1COC(C(F)(F)OC2CCC(C(F)(F)OC3CCC(c4cc(F)c(F)c(F)c4)CC3)OC2)OC1.